The smallest absolute Gasteiger partial charge is 0.115 e. The molecule has 0 radical (unpaired) electrons. The van der Waals surface area contributed by atoms with Gasteiger partial charge < -0.3 is 24.7 Å². The summed E-state index contributed by atoms with van der Waals surface area (Å²) in [5.74, 6) is 0.214. The normalized spacial score (nSPS) is 11.1. The van der Waals surface area contributed by atoms with E-state index in [0.29, 0.717) is 0 Å². The van der Waals surface area contributed by atoms with Crippen molar-refractivity contribution in [2.45, 2.75) is 6.92 Å². The average molecular weight is 1690 g/mol. The van der Waals surface area contributed by atoms with E-state index in [-0.39, 0.29) is 5.75 Å². The van der Waals surface area contributed by atoms with Crippen molar-refractivity contribution in [2.75, 3.05) is 19.6 Å². The lowest BCUT2D eigenvalue weighted by atomic mass is 9.99. The summed E-state index contributed by atoms with van der Waals surface area (Å²) < 4.78 is 0. The van der Waals surface area contributed by atoms with Crippen molar-refractivity contribution in [1.29, 1.82) is 0 Å². The zero-order chi connectivity index (χ0) is 88.5. The van der Waals surface area contributed by atoms with Gasteiger partial charge in [0.15, 0.2) is 0 Å². The number of phenolic OH excluding ortho intramolecular Hbond substituents is 1. The molecule has 0 aliphatic carbocycles. The number of anilines is 12. The summed E-state index contributed by atoms with van der Waals surface area (Å²) in [6.45, 7) is 2.14. The maximum absolute atomic E-state index is 10.5. The quantitative estimate of drug-likeness (QED) is 0.0652. The first kappa shape index (κ1) is 81.6. The van der Waals surface area contributed by atoms with Crippen LogP contribution in [0.3, 0.4) is 0 Å². The van der Waals surface area contributed by atoms with E-state index in [1.807, 2.05) is 12.1 Å². The maximum atomic E-state index is 10.5. The number of benzene rings is 21. The Bertz CT molecular complexity index is 6710. The molecule has 0 saturated carbocycles. The van der Waals surface area contributed by atoms with Gasteiger partial charge in [0.2, 0.25) is 0 Å². The van der Waals surface area contributed by atoms with E-state index in [0.717, 1.165) is 135 Å². The molecular weight excluding hydrogens is 1600 g/mol. The molecule has 21 aromatic carbocycles. The molecule has 21 rings (SSSR count). The van der Waals surface area contributed by atoms with E-state index >= 15 is 0 Å². The van der Waals surface area contributed by atoms with Crippen molar-refractivity contribution >= 4 is 68.2 Å². The first-order chi connectivity index (χ1) is 65.2. The topological polar surface area (TPSA) is 33.2 Å². The van der Waals surface area contributed by atoms with Gasteiger partial charge in [-0.2, -0.15) is 0 Å². The lowest BCUT2D eigenvalue weighted by Gasteiger charge is -2.27. The van der Waals surface area contributed by atoms with E-state index in [9.17, 15) is 5.11 Å². The molecule has 0 aliphatic rings. The van der Waals surface area contributed by atoms with Crippen LogP contribution in [0.15, 0.2) is 534 Å². The number of phenols is 1. The van der Waals surface area contributed by atoms with E-state index in [1.54, 1.807) is 12.1 Å². The fourth-order valence-corrected chi connectivity index (χ4v) is 17.9. The Morgan fingerprint density at radius 1 is 0.106 bits per heavy atom. The zero-order valence-corrected chi connectivity index (χ0v) is 73.0. The number of aryl methyl sites for hydroxylation is 1. The van der Waals surface area contributed by atoms with Crippen molar-refractivity contribution in [3.8, 4) is 139 Å². The van der Waals surface area contributed by atoms with Gasteiger partial charge >= 0.3 is 0 Å². The van der Waals surface area contributed by atoms with Gasteiger partial charge in [-0.15, -0.1) is 0 Å². The van der Waals surface area contributed by atoms with Crippen LogP contribution in [0.25, 0.3) is 134 Å². The standard InChI is InChI=1S/C127H92N4O/c1-90-22-64-115(65-23-90)128(117-78-56-111(57-79-117)112-58-80-122(81-59-112)129(118-68-46-105(47-69-118)99-32-24-95(25-33-99)91-14-6-2-7-15-91)119-70-48-106(49-71-119)100-34-26-96(27-35-100)92-16-8-3-9-17-92)116-66-44-109(45-67-116)103-40-42-104(43-41-103)110-54-76-124(77-55-110)131(126-86-88-127(132)89-87-126)125-84-62-114(63-85-125)113-60-82-123(83-61-113)130(120-72-50-107(51-73-120)101-36-28-97(29-37-101)93-18-10-4-11-19-93)121-74-52-108(53-75-121)102-38-30-98(31-39-102)94-20-12-5-13-21-94/h2-89,132H,1H3. The molecule has 0 spiro atoms. The number of aromatic hydroxyl groups is 1. The highest BCUT2D eigenvalue weighted by Gasteiger charge is 2.21. The molecule has 0 fully saturated rings. The van der Waals surface area contributed by atoms with Gasteiger partial charge in [-0.1, -0.05) is 382 Å². The molecule has 0 unspecified atom stereocenters. The fourth-order valence-electron chi connectivity index (χ4n) is 17.9. The molecule has 21 aromatic rings. The summed E-state index contributed by atoms with van der Waals surface area (Å²) in [6.07, 6.45) is 0. The Kier molecular flexibility index (Phi) is 23.1. The summed E-state index contributed by atoms with van der Waals surface area (Å²) in [5.41, 5.74) is 41.6. The molecule has 5 nitrogen and oxygen atoms in total. The third kappa shape index (κ3) is 17.8. The minimum Gasteiger partial charge on any atom is -0.508 e. The van der Waals surface area contributed by atoms with Crippen LogP contribution in [0.4, 0.5) is 68.2 Å². The van der Waals surface area contributed by atoms with Crippen LogP contribution in [-0.4, -0.2) is 5.11 Å². The number of nitrogens with zero attached hydrogens (tertiary/aromatic N) is 4. The van der Waals surface area contributed by atoms with Crippen molar-refractivity contribution in [1.82, 2.24) is 0 Å². The second-order valence-corrected chi connectivity index (χ2v) is 33.5. The Balaban J connectivity index is 0.505. The third-order valence-electron chi connectivity index (χ3n) is 25.2. The Labute approximate surface area is 773 Å². The number of rotatable bonds is 24. The first-order valence-electron chi connectivity index (χ1n) is 45.0. The van der Waals surface area contributed by atoms with Crippen LogP contribution < -0.4 is 19.6 Å². The van der Waals surface area contributed by atoms with Gasteiger partial charge in [-0.05, 0) is 298 Å². The minimum absolute atomic E-state index is 0.214. The zero-order valence-electron chi connectivity index (χ0n) is 73.0. The van der Waals surface area contributed by atoms with Gasteiger partial charge in [-0.25, -0.2) is 0 Å². The second kappa shape index (κ2) is 37.3. The van der Waals surface area contributed by atoms with Gasteiger partial charge in [0.05, 0.1) is 0 Å². The first-order valence-corrected chi connectivity index (χ1v) is 45.0. The van der Waals surface area contributed by atoms with Crippen LogP contribution in [0, 0.1) is 6.92 Å². The molecule has 0 aliphatic heterocycles. The minimum atomic E-state index is 0.214. The van der Waals surface area contributed by atoms with Gasteiger partial charge in [0, 0.05) is 68.2 Å². The van der Waals surface area contributed by atoms with Crippen molar-refractivity contribution in [3.63, 3.8) is 0 Å². The highest BCUT2D eigenvalue weighted by molar-refractivity contribution is 5.89. The van der Waals surface area contributed by atoms with Crippen LogP contribution in [0.5, 0.6) is 5.75 Å². The molecule has 0 aromatic heterocycles. The molecule has 1 N–H and O–H groups in total. The summed E-state index contributed by atoms with van der Waals surface area (Å²) in [6, 6.07) is 192. The van der Waals surface area contributed by atoms with Crippen LogP contribution in [0.1, 0.15) is 5.56 Å². The Hall–Kier alpha value is -17.4. The second-order valence-electron chi connectivity index (χ2n) is 33.5. The fraction of sp³-hybridized carbons (Fsp3) is 0.00787. The monoisotopic (exact) mass is 1690 g/mol. The van der Waals surface area contributed by atoms with Crippen molar-refractivity contribution in [2.24, 2.45) is 0 Å². The summed E-state index contributed by atoms with van der Waals surface area (Å²) in [4.78, 5) is 9.26. The predicted octanol–water partition coefficient (Wildman–Crippen LogP) is 35.6. The largest absolute Gasteiger partial charge is 0.508 e. The Morgan fingerprint density at radius 2 is 0.197 bits per heavy atom. The average Bonchev–Trinajstić information content (AvgIpc) is 0.784. The number of hydrogen-bond acceptors (Lipinski definition) is 5. The van der Waals surface area contributed by atoms with Crippen LogP contribution in [0.2, 0.25) is 0 Å². The summed E-state index contributed by atoms with van der Waals surface area (Å²) in [7, 11) is 0. The Morgan fingerprint density at radius 3 is 0.318 bits per heavy atom. The molecule has 0 heterocycles. The third-order valence-corrected chi connectivity index (χ3v) is 25.2. The van der Waals surface area contributed by atoms with Gasteiger partial charge in [0.25, 0.3) is 0 Å². The molecule has 0 bridgehead atoms. The molecular formula is C127H92N4O. The SMILES string of the molecule is Cc1ccc(N(c2ccc(-c3ccc(-c4ccc(N(c5ccc(O)cc5)c5ccc(-c6ccc(N(c7ccc(-c8ccc(-c9ccccc9)cc8)cc7)c7ccc(-c8ccc(-c9ccccc9)cc8)cc7)cc6)cc5)cc4)cc3)cc2)c2ccc(-c3ccc(N(c4ccc(-c5ccc(-c6ccccc6)cc5)cc4)c4ccc(-c5ccc(-c6ccccc6)cc5)cc4)cc3)cc2)cc1. The summed E-state index contributed by atoms with van der Waals surface area (Å²) in [5, 5.41) is 10.5. The highest BCUT2D eigenvalue weighted by atomic mass is 16.3. The predicted molar refractivity (Wildman–Crippen MR) is 557 cm³/mol. The van der Waals surface area contributed by atoms with Gasteiger partial charge in [-0.3, -0.25) is 0 Å². The molecule has 0 atom stereocenters. The lowest BCUT2D eigenvalue weighted by Crippen LogP contribution is -2.10. The van der Waals surface area contributed by atoms with Crippen molar-refractivity contribution in [3.05, 3.63) is 539 Å². The molecule has 626 valence electrons. The van der Waals surface area contributed by atoms with E-state index in [4.69, 9.17) is 0 Å². The van der Waals surface area contributed by atoms with Crippen LogP contribution >= 0.6 is 0 Å². The van der Waals surface area contributed by atoms with E-state index in [1.165, 1.54) is 72.3 Å². The van der Waals surface area contributed by atoms with Gasteiger partial charge in [0.1, 0.15) is 5.75 Å². The van der Waals surface area contributed by atoms with Crippen LogP contribution in [-0.2, 0) is 0 Å². The number of hydrogen-bond donors (Lipinski definition) is 1. The summed E-state index contributed by atoms with van der Waals surface area (Å²) >= 11 is 0. The van der Waals surface area contributed by atoms with Crippen molar-refractivity contribution < 1.29 is 5.11 Å². The molecule has 132 heavy (non-hydrogen) atoms. The molecule has 0 amide bonds. The lowest BCUT2D eigenvalue weighted by molar-refractivity contribution is 0.475. The maximum Gasteiger partial charge on any atom is 0.115 e. The highest BCUT2D eigenvalue weighted by Crippen LogP contribution is 2.45. The van der Waals surface area contributed by atoms with E-state index < -0.39 is 0 Å². The molecule has 5 heteroatoms. The van der Waals surface area contributed by atoms with E-state index in [2.05, 4.69) is 536 Å². The molecule has 0 saturated heterocycles.